The molecular formula is C13H29NO. The summed E-state index contributed by atoms with van der Waals surface area (Å²) in [6.07, 6.45) is 4.10. The van der Waals surface area contributed by atoms with Crippen LogP contribution in [-0.2, 0) is 0 Å². The molecule has 2 heteroatoms. The molecule has 0 saturated heterocycles. The van der Waals surface area contributed by atoms with Gasteiger partial charge in [0.2, 0.25) is 0 Å². The highest BCUT2D eigenvalue weighted by atomic mass is 16.3. The van der Waals surface area contributed by atoms with Gasteiger partial charge in [-0.05, 0) is 38.5 Å². The Labute approximate surface area is 95.5 Å². The van der Waals surface area contributed by atoms with Gasteiger partial charge in [-0.2, -0.15) is 0 Å². The number of hydrogen-bond acceptors (Lipinski definition) is 2. The first-order chi connectivity index (χ1) is 6.93. The van der Waals surface area contributed by atoms with Crippen molar-refractivity contribution in [3.05, 3.63) is 0 Å². The van der Waals surface area contributed by atoms with E-state index in [0.29, 0.717) is 6.04 Å². The van der Waals surface area contributed by atoms with Gasteiger partial charge in [-0.25, -0.2) is 0 Å². The van der Waals surface area contributed by atoms with E-state index in [2.05, 4.69) is 26.1 Å². The van der Waals surface area contributed by atoms with Crippen molar-refractivity contribution in [2.75, 3.05) is 6.54 Å². The summed E-state index contributed by atoms with van der Waals surface area (Å²) in [4.78, 5) is 0. The summed E-state index contributed by atoms with van der Waals surface area (Å²) < 4.78 is 0. The predicted octanol–water partition coefficient (Wildman–Crippen LogP) is 2.95. The minimum absolute atomic E-state index is 0.508. The SMILES string of the molecule is CCC(O)(CC)CNC(C)CCC(C)C. The largest absolute Gasteiger partial charge is 0.389 e. The molecule has 0 spiro atoms. The molecule has 15 heavy (non-hydrogen) atoms. The van der Waals surface area contributed by atoms with E-state index in [-0.39, 0.29) is 0 Å². The molecule has 0 heterocycles. The van der Waals surface area contributed by atoms with E-state index in [4.69, 9.17) is 0 Å². The molecule has 0 bridgehead atoms. The fraction of sp³-hybridized carbons (Fsp3) is 1.00. The van der Waals surface area contributed by atoms with E-state index in [0.717, 1.165) is 25.3 Å². The molecule has 92 valence electrons. The smallest absolute Gasteiger partial charge is 0.0766 e. The van der Waals surface area contributed by atoms with Crippen LogP contribution in [-0.4, -0.2) is 23.3 Å². The summed E-state index contributed by atoms with van der Waals surface area (Å²) in [7, 11) is 0. The molecule has 0 aliphatic rings. The summed E-state index contributed by atoms with van der Waals surface area (Å²) in [6, 6.07) is 0.511. The summed E-state index contributed by atoms with van der Waals surface area (Å²) in [5, 5.41) is 13.5. The Bertz CT molecular complexity index is 153. The van der Waals surface area contributed by atoms with Crippen LogP contribution < -0.4 is 5.32 Å². The van der Waals surface area contributed by atoms with E-state index in [1.54, 1.807) is 0 Å². The average Bonchev–Trinajstić information content (AvgIpc) is 2.23. The lowest BCUT2D eigenvalue weighted by molar-refractivity contribution is 0.0300. The monoisotopic (exact) mass is 215 g/mol. The molecule has 0 fully saturated rings. The molecule has 0 radical (unpaired) electrons. The minimum Gasteiger partial charge on any atom is -0.389 e. The molecule has 0 aromatic carbocycles. The van der Waals surface area contributed by atoms with Crippen molar-refractivity contribution in [3.8, 4) is 0 Å². The molecule has 0 saturated carbocycles. The zero-order valence-electron chi connectivity index (χ0n) is 11.1. The van der Waals surface area contributed by atoms with Gasteiger partial charge in [0.1, 0.15) is 0 Å². The number of nitrogens with one attached hydrogen (secondary N) is 1. The fourth-order valence-electron chi connectivity index (χ4n) is 1.55. The maximum absolute atomic E-state index is 10.1. The highest BCUT2D eigenvalue weighted by Gasteiger charge is 2.22. The molecule has 2 nitrogen and oxygen atoms in total. The molecule has 0 amide bonds. The fourth-order valence-corrected chi connectivity index (χ4v) is 1.55. The first-order valence-electron chi connectivity index (χ1n) is 6.39. The van der Waals surface area contributed by atoms with Gasteiger partial charge in [-0.3, -0.25) is 0 Å². The summed E-state index contributed by atoms with van der Waals surface area (Å²) in [5.41, 5.74) is -0.508. The van der Waals surface area contributed by atoms with E-state index >= 15 is 0 Å². The van der Waals surface area contributed by atoms with Crippen LogP contribution in [0, 0.1) is 5.92 Å². The summed E-state index contributed by atoms with van der Waals surface area (Å²) >= 11 is 0. The third-order valence-corrected chi connectivity index (χ3v) is 3.27. The second kappa shape index (κ2) is 7.24. The zero-order valence-corrected chi connectivity index (χ0v) is 11.1. The first-order valence-corrected chi connectivity index (χ1v) is 6.39. The Kier molecular flexibility index (Phi) is 7.20. The zero-order chi connectivity index (χ0) is 11.9. The van der Waals surface area contributed by atoms with Crippen molar-refractivity contribution < 1.29 is 5.11 Å². The predicted molar refractivity (Wildman–Crippen MR) is 67.1 cm³/mol. The van der Waals surface area contributed by atoms with Crippen molar-refractivity contribution in [2.45, 2.75) is 71.9 Å². The van der Waals surface area contributed by atoms with Gasteiger partial charge in [0.05, 0.1) is 5.60 Å². The molecule has 0 aliphatic heterocycles. The van der Waals surface area contributed by atoms with Crippen LogP contribution in [0.1, 0.15) is 60.3 Å². The molecule has 1 atom stereocenters. The van der Waals surface area contributed by atoms with Crippen LogP contribution in [0.4, 0.5) is 0 Å². The lowest BCUT2D eigenvalue weighted by Gasteiger charge is -2.27. The van der Waals surface area contributed by atoms with E-state index in [1.165, 1.54) is 12.8 Å². The first kappa shape index (κ1) is 14.9. The van der Waals surface area contributed by atoms with Gasteiger partial charge < -0.3 is 10.4 Å². The lowest BCUT2D eigenvalue weighted by atomic mass is 9.96. The highest BCUT2D eigenvalue weighted by Crippen LogP contribution is 2.14. The number of rotatable bonds is 8. The third-order valence-electron chi connectivity index (χ3n) is 3.27. The maximum Gasteiger partial charge on any atom is 0.0766 e. The summed E-state index contributed by atoms with van der Waals surface area (Å²) in [5.74, 6) is 0.769. The van der Waals surface area contributed by atoms with Gasteiger partial charge in [0.25, 0.3) is 0 Å². The standard InChI is InChI=1S/C13H29NO/c1-6-13(15,7-2)10-14-12(5)9-8-11(3)4/h11-12,14-15H,6-10H2,1-5H3. The quantitative estimate of drug-likeness (QED) is 0.652. The molecule has 0 aliphatic carbocycles. The van der Waals surface area contributed by atoms with Crippen molar-refractivity contribution in [1.29, 1.82) is 0 Å². The summed E-state index contributed by atoms with van der Waals surface area (Å²) in [6.45, 7) is 11.5. The Balaban J connectivity index is 3.73. The molecule has 1 unspecified atom stereocenters. The van der Waals surface area contributed by atoms with Crippen LogP contribution >= 0.6 is 0 Å². The van der Waals surface area contributed by atoms with Crippen LogP contribution in [0.3, 0.4) is 0 Å². The Morgan fingerprint density at radius 2 is 1.60 bits per heavy atom. The van der Waals surface area contributed by atoms with E-state index < -0.39 is 5.60 Å². The van der Waals surface area contributed by atoms with Crippen molar-refractivity contribution in [3.63, 3.8) is 0 Å². The molecule has 0 aromatic heterocycles. The third kappa shape index (κ3) is 6.91. The normalized spacial score (nSPS) is 14.6. The number of hydrogen-bond donors (Lipinski definition) is 2. The van der Waals surface area contributed by atoms with E-state index in [1.807, 2.05) is 13.8 Å². The van der Waals surface area contributed by atoms with Crippen LogP contribution in [0.2, 0.25) is 0 Å². The maximum atomic E-state index is 10.1. The van der Waals surface area contributed by atoms with Crippen molar-refractivity contribution in [2.24, 2.45) is 5.92 Å². The Hall–Kier alpha value is -0.0800. The molecule has 2 N–H and O–H groups in total. The second-order valence-corrected chi connectivity index (χ2v) is 5.18. The van der Waals surface area contributed by atoms with Crippen LogP contribution in [0.25, 0.3) is 0 Å². The van der Waals surface area contributed by atoms with Gasteiger partial charge in [0, 0.05) is 12.6 Å². The van der Waals surface area contributed by atoms with Gasteiger partial charge >= 0.3 is 0 Å². The minimum atomic E-state index is -0.508. The lowest BCUT2D eigenvalue weighted by Crippen LogP contribution is -2.42. The van der Waals surface area contributed by atoms with Gasteiger partial charge in [-0.1, -0.05) is 27.7 Å². The Morgan fingerprint density at radius 3 is 2.00 bits per heavy atom. The molecule has 0 rings (SSSR count). The molecule has 0 aromatic rings. The van der Waals surface area contributed by atoms with Crippen molar-refractivity contribution in [1.82, 2.24) is 5.32 Å². The topological polar surface area (TPSA) is 32.3 Å². The Morgan fingerprint density at radius 1 is 1.07 bits per heavy atom. The number of aliphatic hydroxyl groups is 1. The molecular weight excluding hydrogens is 186 g/mol. The van der Waals surface area contributed by atoms with Crippen LogP contribution in [0.5, 0.6) is 0 Å². The van der Waals surface area contributed by atoms with Crippen LogP contribution in [0.15, 0.2) is 0 Å². The van der Waals surface area contributed by atoms with Gasteiger partial charge in [0.15, 0.2) is 0 Å². The van der Waals surface area contributed by atoms with E-state index in [9.17, 15) is 5.11 Å². The highest BCUT2D eigenvalue weighted by molar-refractivity contribution is 4.79. The average molecular weight is 215 g/mol. The second-order valence-electron chi connectivity index (χ2n) is 5.18. The van der Waals surface area contributed by atoms with Crippen molar-refractivity contribution >= 4 is 0 Å². The van der Waals surface area contributed by atoms with Gasteiger partial charge in [-0.15, -0.1) is 0 Å².